The molecule has 3 aromatic carbocycles. The molecule has 5 heteroatoms. The largest absolute Gasteiger partial charge is 0.494 e. The van der Waals surface area contributed by atoms with Gasteiger partial charge in [-0.25, -0.2) is 5.43 Å². The molecule has 0 saturated carbocycles. The predicted molar refractivity (Wildman–Crippen MR) is 128 cm³/mol. The minimum absolute atomic E-state index is 0.214. The van der Waals surface area contributed by atoms with E-state index in [9.17, 15) is 4.79 Å². The normalized spacial score (nSPS) is 14.0. The molecular formula is C27H29N3O2. The van der Waals surface area contributed by atoms with E-state index in [0.717, 1.165) is 43.1 Å². The SMILES string of the molecule is CCOc1ccc(/C(C)=N\NC(=O)c2ccc(CN3CCc4ccccc4C3)cc2)cc1. The van der Waals surface area contributed by atoms with E-state index in [4.69, 9.17) is 4.74 Å². The van der Waals surface area contributed by atoms with Gasteiger partial charge in [-0.3, -0.25) is 9.69 Å². The number of hydrazone groups is 1. The Balaban J connectivity index is 1.32. The van der Waals surface area contributed by atoms with Crippen LogP contribution in [0.1, 0.15) is 46.5 Å². The Morgan fingerprint density at radius 2 is 1.66 bits per heavy atom. The number of benzene rings is 3. The molecule has 0 spiro atoms. The molecule has 164 valence electrons. The summed E-state index contributed by atoms with van der Waals surface area (Å²) in [6.45, 7) is 7.36. The van der Waals surface area contributed by atoms with Crippen LogP contribution in [0.5, 0.6) is 5.75 Å². The van der Waals surface area contributed by atoms with Crippen molar-refractivity contribution in [2.45, 2.75) is 33.4 Å². The first-order chi connectivity index (χ1) is 15.6. The van der Waals surface area contributed by atoms with Crippen LogP contribution in [-0.4, -0.2) is 29.7 Å². The average molecular weight is 428 g/mol. The van der Waals surface area contributed by atoms with Crippen LogP contribution in [-0.2, 0) is 19.5 Å². The summed E-state index contributed by atoms with van der Waals surface area (Å²) in [6.07, 6.45) is 1.09. The van der Waals surface area contributed by atoms with Gasteiger partial charge in [0.15, 0.2) is 0 Å². The maximum Gasteiger partial charge on any atom is 0.271 e. The zero-order chi connectivity index (χ0) is 22.3. The van der Waals surface area contributed by atoms with Crippen molar-refractivity contribution in [2.75, 3.05) is 13.2 Å². The summed E-state index contributed by atoms with van der Waals surface area (Å²) in [4.78, 5) is 15.0. The van der Waals surface area contributed by atoms with Crippen LogP contribution in [0.2, 0.25) is 0 Å². The molecule has 0 atom stereocenters. The molecule has 0 fully saturated rings. The fourth-order valence-electron chi connectivity index (χ4n) is 3.93. The minimum Gasteiger partial charge on any atom is -0.494 e. The van der Waals surface area contributed by atoms with Crippen LogP contribution in [0.4, 0.5) is 0 Å². The highest BCUT2D eigenvalue weighted by Crippen LogP contribution is 2.20. The van der Waals surface area contributed by atoms with Crippen molar-refractivity contribution in [1.82, 2.24) is 10.3 Å². The van der Waals surface area contributed by atoms with Crippen molar-refractivity contribution in [3.8, 4) is 5.75 Å². The lowest BCUT2D eigenvalue weighted by Crippen LogP contribution is -2.30. The molecule has 4 rings (SSSR count). The Morgan fingerprint density at radius 1 is 0.969 bits per heavy atom. The van der Waals surface area contributed by atoms with E-state index in [2.05, 4.69) is 39.7 Å². The van der Waals surface area contributed by atoms with E-state index in [-0.39, 0.29) is 5.91 Å². The van der Waals surface area contributed by atoms with Crippen LogP contribution < -0.4 is 10.2 Å². The quantitative estimate of drug-likeness (QED) is 0.435. The standard InChI is InChI=1S/C27H29N3O2/c1-3-32-26-14-12-22(13-15-26)20(2)28-29-27(31)24-10-8-21(9-11-24)18-30-17-16-23-6-4-5-7-25(23)19-30/h4-15H,3,16-19H2,1-2H3,(H,29,31)/b28-20-. The van der Waals surface area contributed by atoms with Crippen molar-refractivity contribution in [1.29, 1.82) is 0 Å². The van der Waals surface area contributed by atoms with E-state index in [1.54, 1.807) is 0 Å². The second-order valence-electron chi connectivity index (χ2n) is 8.02. The van der Waals surface area contributed by atoms with Gasteiger partial charge in [0.1, 0.15) is 5.75 Å². The summed E-state index contributed by atoms with van der Waals surface area (Å²) < 4.78 is 5.46. The Kier molecular flexibility index (Phi) is 6.97. The molecule has 1 heterocycles. The van der Waals surface area contributed by atoms with Crippen molar-refractivity contribution in [3.63, 3.8) is 0 Å². The molecule has 1 aliphatic heterocycles. The van der Waals surface area contributed by atoms with Crippen LogP contribution in [0.3, 0.4) is 0 Å². The molecule has 0 bridgehead atoms. The second kappa shape index (κ2) is 10.2. The van der Waals surface area contributed by atoms with Gasteiger partial charge in [0, 0.05) is 25.2 Å². The van der Waals surface area contributed by atoms with E-state index >= 15 is 0 Å². The van der Waals surface area contributed by atoms with Crippen molar-refractivity contribution >= 4 is 11.6 Å². The van der Waals surface area contributed by atoms with Gasteiger partial charge in [0.05, 0.1) is 12.3 Å². The fraction of sp³-hybridized carbons (Fsp3) is 0.259. The number of rotatable bonds is 7. The topological polar surface area (TPSA) is 53.9 Å². The summed E-state index contributed by atoms with van der Waals surface area (Å²) in [5, 5.41) is 4.25. The third-order valence-electron chi connectivity index (χ3n) is 5.74. The summed E-state index contributed by atoms with van der Waals surface area (Å²) in [7, 11) is 0. The number of carbonyl (C=O) groups is 1. The Hall–Kier alpha value is -3.44. The first-order valence-electron chi connectivity index (χ1n) is 11.1. The van der Waals surface area contributed by atoms with Gasteiger partial charge >= 0.3 is 0 Å². The number of hydrogen-bond donors (Lipinski definition) is 1. The number of nitrogens with zero attached hydrogens (tertiary/aromatic N) is 2. The highest BCUT2D eigenvalue weighted by molar-refractivity contribution is 6.00. The molecule has 0 saturated heterocycles. The molecular weight excluding hydrogens is 398 g/mol. The van der Waals surface area contributed by atoms with Gasteiger partial charge in [-0.1, -0.05) is 36.4 Å². The zero-order valence-corrected chi connectivity index (χ0v) is 18.7. The van der Waals surface area contributed by atoms with Gasteiger partial charge in [0.2, 0.25) is 0 Å². The number of nitrogens with one attached hydrogen (secondary N) is 1. The summed E-state index contributed by atoms with van der Waals surface area (Å²) in [6, 6.07) is 24.1. The lowest BCUT2D eigenvalue weighted by molar-refractivity contribution is 0.0955. The Bertz CT molecular complexity index is 1090. The van der Waals surface area contributed by atoms with E-state index in [1.807, 2.05) is 62.4 Å². The first-order valence-corrected chi connectivity index (χ1v) is 11.1. The van der Waals surface area contributed by atoms with Crippen LogP contribution >= 0.6 is 0 Å². The maximum absolute atomic E-state index is 12.5. The Labute approximate surface area is 189 Å². The van der Waals surface area contributed by atoms with Crippen molar-refractivity contribution in [2.24, 2.45) is 5.10 Å². The minimum atomic E-state index is -0.214. The van der Waals surface area contributed by atoms with E-state index in [0.29, 0.717) is 12.2 Å². The fourth-order valence-corrected chi connectivity index (χ4v) is 3.93. The lowest BCUT2D eigenvalue weighted by Gasteiger charge is -2.28. The van der Waals surface area contributed by atoms with Gasteiger partial charge in [-0.2, -0.15) is 5.10 Å². The molecule has 0 radical (unpaired) electrons. The van der Waals surface area contributed by atoms with Crippen LogP contribution in [0.15, 0.2) is 77.9 Å². The third kappa shape index (κ3) is 5.42. The third-order valence-corrected chi connectivity index (χ3v) is 5.74. The smallest absolute Gasteiger partial charge is 0.271 e. The number of fused-ring (bicyclic) bond motifs is 1. The molecule has 32 heavy (non-hydrogen) atoms. The molecule has 1 N–H and O–H groups in total. The maximum atomic E-state index is 12.5. The summed E-state index contributed by atoms with van der Waals surface area (Å²) in [5.74, 6) is 0.607. The number of carbonyl (C=O) groups excluding carboxylic acids is 1. The average Bonchev–Trinajstić information content (AvgIpc) is 2.83. The van der Waals surface area contributed by atoms with Crippen molar-refractivity contribution in [3.05, 3.63) is 101 Å². The van der Waals surface area contributed by atoms with E-state index in [1.165, 1.54) is 16.7 Å². The predicted octanol–water partition coefficient (Wildman–Crippen LogP) is 4.80. The molecule has 1 amide bonds. The van der Waals surface area contributed by atoms with Crippen LogP contribution in [0.25, 0.3) is 0 Å². The number of hydrogen-bond acceptors (Lipinski definition) is 4. The molecule has 1 aliphatic rings. The molecule has 0 aliphatic carbocycles. The zero-order valence-electron chi connectivity index (χ0n) is 18.7. The van der Waals surface area contributed by atoms with Gasteiger partial charge in [-0.15, -0.1) is 0 Å². The number of ether oxygens (including phenoxy) is 1. The highest BCUT2D eigenvalue weighted by atomic mass is 16.5. The van der Waals surface area contributed by atoms with Gasteiger partial charge < -0.3 is 4.74 Å². The van der Waals surface area contributed by atoms with Gasteiger partial charge in [0.25, 0.3) is 5.91 Å². The highest BCUT2D eigenvalue weighted by Gasteiger charge is 2.16. The summed E-state index contributed by atoms with van der Waals surface area (Å²) in [5.41, 5.74) is 9.00. The van der Waals surface area contributed by atoms with Gasteiger partial charge in [-0.05, 0) is 78.9 Å². The van der Waals surface area contributed by atoms with Crippen LogP contribution in [0, 0.1) is 0 Å². The lowest BCUT2D eigenvalue weighted by atomic mass is 9.99. The molecule has 5 nitrogen and oxygen atoms in total. The second-order valence-corrected chi connectivity index (χ2v) is 8.02. The van der Waals surface area contributed by atoms with E-state index < -0.39 is 0 Å². The monoisotopic (exact) mass is 427 g/mol. The number of amides is 1. The Morgan fingerprint density at radius 3 is 2.38 bits per heavy atom. The summed E-state index contributed by atoms with van der Waals surface area (Å²) >= 11 is 0. The molecule has 3 aromatic rings. The van der Waals surface area contributed by atoms with Crippen molar-refractivity contribution < 1.29 is 9.53 Å². The molecule has 0 unspecified atom stereocenters. The molecule has 0 aromatic heterocycles. The first kappa shape index (κ1) is 21.8.